The van der Waals surface area contributed by atoms with Crippen LogP contribution in [0, 0.1) is 10.1 Å². The van der Waals surface area contributed by atoms with Crippen molar-refractivity contribution in [3.05, 3.63) is 46.0 Å². The summed E-state index contributed by atoms with van der Waals surface area (Å²) in [5.74, 6) is 1.59. The van der Waals surface area contributed by atoms with Crippen LogP contribution in [0.25, 0.3) is 11.1 Å². The van der Waals surface area contributed by atoms with Crippen LogP contribution >= 0.6 is 0 Å². The minimum absolute atomic E-state index is 0.0741. The molecule has 2 aromatic rings. The predicted octanol–water partition coefficient (Wildman–Crippen LogP) is 3.85. The van der Waals surface area contributed by atoms with Crippen LogP contribution in [0.15, 0.2) is 30.3 Å². The van der Waals surface area contributed by atoms with E-state index in [1.807, 2.05) is 13.0 Å². The fraction of sp³-hybridized carbons (Fsp3) is 0.294. The van der Waals surface area contributed by atoms with Gasteiger partial charge in [-0.05, 0) is 35.7 Å². The number of nitrogens with zero attached hydrogens (tertiary/aromatic N) is 1. The molecule has 0 aliphatic carbocycles. The lowest BCUT2D eigenvalue weighted by atomic mass is 9.96. The Morgan fingerprint density at radius 3 is 2.13 bits per heavy atom. The predicted molar refractivity (Wildman–Crippen MR) is 87.6 cm³/mol. The summed E-state index contributed by atoms with van der Waals surface area (Å²) in [6, 6.07) is 8.47. The van der Waals surface area contributed by atoms with Gasteiger partial charge in [0.25, 0.3) is 5.69 Å². The number of hydrogen-bond donors (Lipinski definition) is 0. The normalized spacial score (nSPS) is 10.3. The van der Waals surface area contributed by atoms with Gasteiger partial charge in [-0.25, -0.2) is 0 Å². The van der Waals surface area contributed by atoms with Crippen LogP contribution in [0.2, 0.25) is 0 Å². The van der Waals surface area contributed by atoms with Crippen molar-refractivity contribution in [2.75, 3.05) is 21.3 Å². The molecule has 0 aliphatic rings. The van der Waals surface area contributed by atoms with E-state index in [4.69, 9.17) is 14.2 Å². The molecular weight excluding hydrogens is 298 g/mol. The van der Waals surface area contributed by atoms with E-state index in [-0.39, 0.29) is 5.69 Å². The first-order valence-electron chi connectivity index (χ1n) is 7.14. The third-order valence-corrected chi connectivity index (χ3v) is 3.67. The van der Waals surface area contributed by atoms with Crippen LogP contribution in [0.3, 0.4) is 0 Å². The van der Waals surface area contributed by atoms with Crippen LogP contribution in [0.1, 0.15) is 12.5 Å². The zero-order valence-corrected chi connectivity index (χ0v) is 13.6. The maximum absolute atomic E-state index is 11.0. The standard InChI is InChI=1S/C17H19NO5/c1-5-11-10-12(18(19)20)6-7-13(11)14-8-9-15(21-2)17(23-4)16(14)22-3/h6-10H,5H2,1-4H3. The molecule has 0 aromatic heterocycles. The molecule has 0 heterocycles. The topological polar surface area (TPSA) is 70.8 Å². The van der Waals surface area contributed by atoms with Crippen LogP contribution in [-0.2, 0) is 6.42 Å². The molecular formula is C17H19NO5. The van der Waals surface area contributed by atoms with Crippen molar-refractivity contribution in [3.63, 3.8) is 0 Å². The van der Waals surface area contributed by atoms with Crippen LogP contribution in [0.4, 0.5) is 5.69 Å². The zero-order valence-electron chi connectivity index (χ0n) is 13.6. The Balaban J connectivity index is 2.69. The van der Waals surface area contributed by atoms with Crippen molar-refractivity contribution in [1.82, 2.24) is 0 Å². The van der Waals surface area contributed by atoms with Gasteiger partial charge in [0.2, 0.25) is 5.75 Å². The largest absolute Gasteiger partial charge is 0.493 e. The van der Waals surface area contributed by atoms with Crippen LogP contribution in [-0.4, -0.2) is 26.3 Å². The monoisotopic (exact) mass is 317 g/mol. The van der Waals surface area contributed by atoms with Crippen molar-refractivity contribution in [2.45, 2.75) is 13.3 Å². The molecule has 0 aliphatic heterocycles. The highest BCUT2D eigenvalue weighted by Crippen LogP contribution is 2.45. The molecule has 0 spiro atoms. The van der Waals surface area contributed by atoms with Crippen LogP contribution < -0.4 is 14.2 Å². The van der Waals surface area contributed by atoms with Gasteiger partial charge in [-0.2, -0.15) is 0 Å². The molecule has 0 amide bonds. The molecule has 0 fully saturated rings. The fourth-order valence-corrected chi connectivity index (χ4v) is 2.56. The van der Waals surface area contributed by atoms with Gasteiger partial charge in [-0.3, -0.25) is 10.1 Å². The lowest BCUT2D eigenvalue weighted by molar-refractivity contribution is -0.384. The van der Waals surface area contributed by atoms with Gasteiger partial charge in [0.05, 0.1) is 26.3 Å². The van der Waals surface area contributed by atoms with Gasteiger partial charge in [-0.15, -0.1) is 0 Å². The smallest absolute Gasteiger partial charge is 0.269 e. The van der Waals surface area contributed by atoms with Gasteiger partial charge in [0.15, 0.2) is 11.5 Å². The highest BCUT2D eigenvalue weighted by Gasteiger charge is 2.19. The minimum atomic E-state index is -0.394. The first kappa shape index (κ1) is 16.6. The second-order valence-corrected chi connectivity index (χ2v) is 4.83. The molecule has 0 saturated heterocycles. The Labute approximate surface area is 134 Å². The lowest BCUT2D eigenvalue weighted by Gasteiger charge is -2.17. The highest BCUT2D eigenvalue weighted by atomic mass is 16.6. The molecule has 122 valence electrons. The summed E-state index contributed by atoms with van der Waals surface area (Å²) in [6.45, 7) is 1.95. The quantitative estimate of drug-likeness (QED) is 0.598. The number of non-ortho nitro benzene ring substituents is 1. The van der Waals surface area contributed by atoms with Gasteiger partial charge >= 0.3 is 0 Å². The third-order valence-electron chi connectivity index (χ3n) is 3.67. The van der Waals surface area contributed by atoms with E-state index >= 15 is 0 Å². The molecule has 0 radical (unpaired) electrons. The number of benzene rings is 2. The molecule has 0 bridgehead atoms. The van der Waals surface area contributed by atoms with Crippen molar-refractivity contribution in [1.29, 1.82) is 0 Å². The summed E-state index contributed by atoms with van der Waals surface area (Å²) < 4.78 is 16.2. The van der Waals surface area contributed by atoms with E-state index in [1.165, 1.54) is 6.07 Å². The van der Waals surface area contributed by atoms with Crippen molar-refractivity contribution in [2.24, 2.45) is 0 Å². The van der Waals surface area contributed by atoms with E-state index < -0.39 is 4.92 Å². The van der Waals surface area contributed by atoms with Gasteiger partial charge in [0, 0.05) is 17.7 Å². The van der Waals surface area contributed by atoms with Crippen LogP contribution in [0.5, 0.6) is 17.2 Å². The molecule has 6 nitrogen and oxygen atoms in total. The van der Waals surface area contributed by atoms with E-state index in [2.05, 4.69) is 0 Å². The molecule has 0 N–H and O–H groups in total. The molecule has 0 atom stereocenters. The SMILES string of the molecule is CCc1cc([N+](=O)[O-])ccc1-c1ccc(OC)c(OC)c1OC. The van der Waals surface area contributed by atoms with Crippen molar-refractivity contribution < 1.29 is 19.1 Å². The van der Waals surface area contributed by atoms with Gasteiger partial charge in [0.1, 0.15) is 0 Å². The summed E-state index contributed by atoms with van der Waals surface area (Å²) in [5.41, 5.74) is 2.61. The number of methoxy groups -OCH3 is 3. The molecule has 0 saturated carbocycles. The van der Waals surface area contributed by atoms with E-state index in [0.717, 1.165) is 16.7 Å². The fourth-order valence-electron chi connectivity index (χ4n) is 2.56. The highest BCUT2D eigenvalue weighted by molar-refractivity contribution is 5.79. The van der Waals surface area contributed by atoms with E-state index in [9.17, 15) is 10.1 Å². The number of hydrogen-bond acceptors (Lipinski definition) is 5. The Morgan fingerprint density at radius 1 is 0.957 bits per heavy atom. The first-order chi connectivity index (χ1) is 11.1. The summed E-state index contributed by atoms with van der Waals surface area (Å²) >= 11 is 0. The average Bonchev–Trinajstić information content (AvgIpc) is 2.59. The average molecular weight is 317 g/mol. The van der Waals surface area contributed by atoms with Gasteiger partial charge in [-0.1, -0.05) is 6.92 Å². The lowest BCUT2D eigenvalue weighted by Crippen LogP contribution is -1.99. The van der Waals surface area contributed by atoms with Crippen molar-refractivity contribution >= 4 is 5.69 Å². The van der Waals surface area contributed by atoms with Crippen molar-refractivity contribution in [3.8, 4) is 28.4 Å². The molecule has 23 heavy (non-hydrogen) atoms. The Bertz CT molecular complexity index is 727. The maximum atomic E-state index is 11.0. The first-order valence-corrected chi connectivity index (χ1v) is 7.14. The number of rotatable bonds is 6. The summed E-state index contributed by atoms with van der Waals surface area (Å²) in [5, 5.41) is 11.0. The number of ether oxygens (including phenoxy) is 3. The number of nitro groups is 1. The summed E-state index contributed by atoms with van der Waals surface area (Å²) in [4.78, 5) is 10.6. The third kappa shape index (κ3) is 3.06. The van der Waals surface area contributed by atoms with E-state index in [0.29, 0.717) is 23.7 Å². The summed E-state index contributed by atoms with van der Waals surface area (Å²) in [6.07, 6.45) is 0.661. The molecule has 0 unspecified atom stereocenters. The Kier molecular flexibility index (Phi) is 5.05. The zero-order chi connectivity index (χ0) is 17.0. The number of nitro benzene ring substituents is 1. The second kappa shape index (κ2) is 7.00. The Hall–Kier alpha value is -2.76. The van der Waals surface area contributed by atoms with Gasteiger partial charge < -0.3 is 14.2 Å². The maximum Gasteiger partial charge on any atom is 0.269 e. The molecule has 2 rings (SSSR count). The molecule has 2 aromatic carbocycles. The second-order valence-electron chi connectivity index (χ2n) is 4.83. The summed E-state index contributed by atoms with van der Waals surface area (Å²) in [7, 11) is 4.65. The van der Waals surface area contributed by atoms with E-state index in [1.54, 1.807) is 39.5 Å². The Morgan fingerprint density at radius 2 is 1.61 bits per heavy atom. The molecule has 6 heteroatoms. The minimum Gasteiger partial charge on any atom is -0.493 e. The number of aryl methyl sites for hydroxylation is 1.